The van der Waals surface area contributed by atoms with Crippen molar-refractivity contribution in [1.82, 2.24) is 0 Å². The van der Waals surface area contributed by atoms with E-state index in [4.69, 9.17) is 18.0 Å². The van der Waals surface area contributed by atoms with E-state index >= 15 is 0 Å². The van der Waals surface area contributed by atoms with E-state index in [-0.39, 0.29) is 62.1 Å². The van der Waals surface area contributed by atoms with Gasteiger partial charge >= 0.3 is 51.4 Å². The van der Waals surface area contributed by atoms with Crippen molar-refractivity contribution < 1.29 is 56.3 Å². The Bertz CT molecular complexity index is 451. The normalized spacial score (nSPS) is 9.29. The van der Waals surface area contributed by atoms with Crippen molar-refractivity contribution >= 4 is 29.0 Å². The summed E-state index contributed by atoms with van der Waals surface area (Å²) < 4.78 is 0. The fraction of sp³-hybridized carbons (Fsp3) is 0.300. The van der Waals surface area contributed by atoms with Gasteiger partial charge in [-0.05, 0) is 12.0 Å². The Morgan fingerprint density at radius 3 is 2.53 bits per heavy atom. The zero-order chi connectivity index (χ0) is 12.3. The Balaban J connectivity index is 0.00000256. The molecule has 0 heterocycles. The number of hydrogen-bond donors (Lipinski definition) is 2. The van der Waals surface area contributed by atoms with Crippen LogP contribution in [0.5, 0.6) is 0 Å². The molecule has 0 aliphatic heterocycles. The van der Waals surface area contributed by atoms with Crippen LogP contribution in [0.15, 0.2) is 12.1 Å². The molecule has 2 N–H and O–H groups in total. The Hall–Kier alpha value is -0.0536. The van der Waals surface area contributed by atoms with E-state index in [0.29, 0.717) is 17.7 Å². The molecule has 5 nitrogen and oxygen atoms in total. The van der Waals surface area contributed by atoms with Crippen LogP contribution in [0.2, 0.25) is 0 Å². The first-order chi connectivity index (χ1) is 7.52. The van der Waals surface area contributed by atoms with E-state index in [2.05, 4.69) is 5.32 Å². The molecule has 0 spiro atoms. The summed E-state index contributed by atoms with van der Waals surface area (Å²) >= 11 is 4.82. The van der Waals surface area contributed by atoms with Gasteiger partial charge in [0.25, 0.3) is 5.69 Å². The molecular weight excluding hydrogens is 265 g/mol. The smallest absolute Gasteiger partial charge is 0.760 e. The van der Waals surface area contributed by atoms with E-state index in [1.54, 1.807) is 13.1 Å². The molecule has 0 fully saturated rings. The van der Waals surface area contributed by atoms with Gasteiger partial charge in [-0.1, -0.05) is 18.0 Å². The van der Waals surface area contributed by atoms with Crippen LogP contribution >= 0.6 is 0 Å². The van der Waals surface area contributed by atoms with Crippen LogP contribution < -0.4 is 56.7 Å². The molecule has 0 aliphatic carbocycles. The molecule has 17 heavy (non-hydrogen) atoms. The van der Waals surface area contributed by atoms with Gasteiger partial charge in [0.2, 0.25) is 0 Å². The average Bonchev–Trinajstić information content (AvgIpc) is 2.26. The van der Waals surface area contributed by atoms with E-state index < -0.39 is 4.92 Å². The van der Waals surface area contributed by atoms with Crippen molar-refractivity contribution in [3.05, 3.63) is 33.4 Å². The summed E-state index contributed by atoms with van der Waals surface area (Å²) in [5.41, 5.74) is 1.57. The third kappa shape index (κ3) is 3.70. The zero-order valence-electron chi connectivity index (χ0n) is 10.0. The number of nitrogens with zero attached hydrogens (tertiary/aromatic N) is 1. The summed E-state index contributed by atoms with van der Waals surface area (Å²) in [5, 5.41) is 21.0. The Morgan fingerprint density at radius 2 is 2.18 bits per heavy atom. The monoisotopic (exact) mass is 277 g/mol. The largest absolute Gasteiger partial charge is 1.00 e. The van der Waals surface area contributed by atoms with Crippen molar-refractivity contribution in [3.63, 3.8) is 0 Å². The summed E-state index contributed by atoms with van der Waals surface area (Å²) in [6.07, 6.45) is 0.682. The molecule has 1 aromatic carbocycles. The molecule has 0 radical (unpaired) electrons. The second kappa shape index (κ2) is 7.40. The van der Waals surface area contributed by atoms with Crippen LogP contribution in [0.25, 0.3) is 0 Å². The number of nitro groups is 1. The molecule has 0 saturated carbocycles. The summed E-state index contributed by atoms with van der Waals surface area (Å²) in [6, 6.07) is 3.08. The first-order valence-corrected chi connectivity index (χ1v) is 5.17. The molecule has 1 aromatic rings. The molecule has 7 heteroatoms. The molecule has 0 atom stereocenters. The van der Waals surface area contributed by atoms with E-state index in [0.717, 1.165) is 5.56 Å². The maximum absolute atomic E-state index is 10.8. The minimum Gasteiger partial charge on any atom is -0.760 e. The number of rotatable bonds is 4. The van der Waals surface area contributed by atoms with Gasteiger partial charge in [0.05, 0.1) is 4.92 Å². The van der Waals surface area contributed by atoms with Gasteiger partial charge in [-0.25, -0.2) is 0 Å². The molecule has 0 aromatic heterocycles. The van der Waals surface area contributed by atoms with E-state index in [1.807, 2.05) is 6.92 Å². The van der Waals surface area contributed by atoms with Gasteiger partial charge in [-0.3, -0.25) is 10.1 Å². The van der Waals surface area contributed by atoms with Crippen molar-refractivity contribution in [2.45, 2.75) is 13.3 Å². The van der Waals surface area contributed by atoms with Crippen LogP contribution in [0, 0.1) is 15.5 Å². The SMILES string of the molecule is CCc1ccc([N+](=O)[O-])c(NC)c1C(=N)[S-].[K+]. The maximum atomic E-state index is 10.8. The fourth-order valence-corrected chi connectivity index (χ4v) is 1.83. The minimum atomic E-state index is -0.479. The summed E-state index contributed by atoms with van der Waals surface area (Å²) in [5.74, 6) is 0. The van der Waals surface area contributed by atoms with E-state index in [1.165, 1.54) is 6.07 Å². The number of hydrogen-bond acceptors (Lipinski definition) is 5. The first kappa shape index (κ1) is 16.9. The average molecular weight is 277 g/mol. The van der Waals surface area contributed by atoms with Crippen molar-refractivity contribution in [2.24, 2.45) is 0 Å². The Labute approximate surface area is 148 Å². The van der Waals surface area contributed by atoms with Crippen molar-refractivity contribution in [2.75, 3.05) is 12.4 Å². The van der Waals surface area contributed by atoms with Gasteiger partial charge in [-0.15, -0.1) is 0 Å². The number of aryl methyl sites for hydroxylation is 1. The quantitative estimate of drug-likeness (QED) is 0.186. The Morgan fingerprint density at radius 1 is 1.59 bits per heavy atom. The predicted octanol–water partition coefficient (Wildman–Crippen LogP) is -0.925. The van der Waals surface area contributed by atoms with Crippen LogP contribution in [-0.4, -0.2) is 17.0 Å². The summed E-state index contributed by atoms with van der Waals surface area (Å²) in [6.45, 7) is 1.92. The van der Waals surface area contributed by atoms with Gasteiger partial charge < -0.3 is 23.4 Å². The first-order valence-electron chi connectivity index (χ1n) is 4.76. The molecule has 0 aliphatic rings. The van der Waals surface area contributed by atoms with Gasteiger partial charge in [-0.2, -0.15) is 0 Å². The molecular formula is C10H12KN3O2S. The minimum absolute atomic E-state index is 0. The second-order valence-electron chi connectivity index (χ2n) is 3.18. The molecule has 86 valence electrons. The summed E-state index contributed by atoms with van der Waals surface area (Å²) in [7, 11) is 1.59. The van der Waals surface area contributed by atoms with Gasteiger partial charge in [0.15, 0.2) is 0 Å². The number of nitro benzene ring substituents is 1. The van der Waals surface area contributed by atoms with Crippen molar-refractivity contribution in [3.8, 4) is 0 Å². The Kier molecular flexibility index (Phi) is 7.37. The van der Waals surface area contributed by atoms with Crippen LogP contribution in [0.4, 0.5) is 11.4 Å². The van der Waals surface area contributed by atoms with Gasteiger partial charge in [0.1, 0.15) is 5.69 Å². The van der Waals surface area contributed by atoms with Crippen LogP contribution in [0.1, 0.15) is 18.1 Å². The van der Waals surface area contributed by atoms with Crippen LogP contribution in [0.3, 0.4) is 0 Å². The second-order valence-corrected chi connectivity index (χ2v) is 3.59. The molecule has 0 saturated heterocycles. The van der Waals surface area contributed by atoms with Gasteiger partial charge in [0, 0.05) is 18.7 Å². The standard InChI is InChI=1S/C10H13N3O2S.K/c1-3-6-4-5-7(13(14)15)9(12-2)8(6)10(11)16;/h4-5,12H,3H2,1-2H3,(H2,11,16);/q;+1/p-1. The fourth-order valence-electron chi connectivity index (χ4n) is 1.59. The third-order valence-electron chi connectivity index (χ3n) is 2.32. The zero-order valence-corrected chi connectivity index (χ0v) is 14.0. The number of nitrogens with one attached hydrogen (secondary N) is 2. The van der Waals surface area contributed by atoms with Crippen molar-refractivity contribution in [1.29, 1.82) is 5.41 Å². The predicted molar refractivity (Wildman–Crippen MR) is 66.2 cm³/mol. The maximum Gasteiger partial charge on any atom is 1.00 e. The topological polar surface area (TPSA) is 79.0 Å². The number of benzene rings is 1. The number of anilines is 1. The van der Waals surface area contributed by atoms with Crippen LogP contribution in [-0.2, 0) is 19.0 Å². The summed E-state index contributed by atoms with van der Waals surface area (Å²) in [4.78, 5) is 10.3. The third-order valence-corrected chi connectivity index (χ3v) is 2.53. The molecule has 1 rings (SSSR count). The molecule has 0 amide bonds. The van der Waals surface area contributed by atoms with E-state index in [9.17, 15) is 10.1 Å². The molecule has 0 bridgehead atoms. The molecule has 0 unspecified atom stereocenters.